The van der Waals surface area contributed by atoms with Gasteiger partial charge >= 0.3 is 5.97 Å². The van der Waals surface area contributed by atoms with Crippen LogP contribution in [0.4, 0.5) is 0 Å². The molecule has 0 spiro atoms. The molecule has 2 aliphatic carbocycles. The predicted octanol–water partition coefficient (Wildman–Crippen LogP) is 3.85. The maximum absolute atomic E-state index is 12.0. The molecule has 0 bridgehead atoms. The molecule has 17 heavy (non-hydrogen) atoms. The topological polar surface area (TPSA) is 26.3 Å². The number of carbonyl (C=O) groups excluding carboxylic acids is 1. The van der Waals surface area contributed by atoms with Gasteiger partial charge in [0.2, 0.25) is 0 Å². The highest BCUT2D eigenvalue weighted by Gasteiger charge is 2.29. The van der Waals surface area contributed by atoms with Crippen molar-refractivity contribution in [2.24, 2.45) is 5.92 Å². The number of carbonyl (C=O) groups is 1. The number of ether oxygens (including phenoxy) is 1. The summed E-state index contributed by atoms with van der Waals surface area (Å²) >= 11 is 0. The maximum atomic E-state index is 12.0. The molecule has 2 aliphatic rings. The van der Waals surface area contributed by atoms with Crippen LogP contribution in [0.1, 0.15) is 65.2 Å². The van der Waals surface area contributed by atoms with Gasteiger partial charge in [-0.05, 0) is 63.2 Å². The van der Waals surface area contributed by atoms with Crippen molar-refractivity contribution in [2.45, 2.75) is 71.3 Å². The van der Waals surface area contributed by atoms with Crippen LogP contribution < -0.4 is 0 Å². The van der Waals surface area contributed by atoms with E-state index in [1.165, 1.54) is 0 Å². The standard InChI is InChI=1S/C15H24O2/c1-11-3-7-13(8-4-11)15(16)17-14-9-5-12(2)6-10-14/h11,14H,3-10H2,1-2H3. The molecule has 96 valence electrons. The molecule has 0 aromatic heterocycles. The number of esters is 1. The van der Waals surface area contributed by atoms with Crippen LogP contribution in [0, 0.1) is 17.8 Å². The normalized spacial score (nSPS) is 26.0. The van der Waals surface area contributed by atoms with E-state index in [2.05, 4.69) is 13.8 Å². The Morgan fingerprint density at radius 3 is 2.24 bits per heavy atom. The summed E-state index contributed by atoms with van der Waals surface area (Å²) in [6, 6.07) is 0. The fourth-order valence-electron chi connectivity index (χ4n) is 2.75. The number of hydrogen-bond donors (Lipinski definition) is 0. The van der Waals surface area contributed by atoms with E-state index in [1.54, 1.807) is 5.92 Å². The summed E-state index contributed by atoms with van der Waals surface area (Å²) in [5.74, 6) is 3.37. The minimum Gasteiger partial charge on any atom is -0.462 e. The molecule has 2 fully saturated rings. The third-order valence-corrected chi connectivity index (χ3v) is 4.23. The highest BCUT2D eigenvalue weighted by atomic mass is 16.5. The van der Waals surface area contributed by atoms with Gasteiger partial charge < -0.3 is 4.74 Å². The summed E-state index contributed by atoms with van der Waals surface area (Å²) in [5, 5.41) is 0. The smallest absolute Gasteiger partial charge is 0.313 e. The first-order valence-electron chi connectivity index (χ1n) is 7.02. The minimum absolute atomic E-state index is 0.00135. The monoisotopic (exact) mass is 236 g/mol. The zero-order valence-corrected chi connectivity index (χ0v) is 11.1. The highest BCUT2D eigenvalue weighted by molar-refractivity contribution is 5.84. The van der Waals surface area contributed by atoms with Crippen LogP contribution in [0.5, 0.6) is 0 Å². The first-order valence-corrected chi connectivity index (χ1v) is 7.02. The molecular formula is C15H24O2. The van der Waals surface area contributed by atoms with Crippen LogP contribution in [-0.2, 0) is 9.53 Å². The van der Waals surface area contributed by atoms with E-state index < -0.39 is 0 Å². The van der Waals surface area contributed by atoms with Gasteiger partial charge in [0.1, 0.15) is 6.10 Å². The van der Waals surface area contributed by atoms with Crippen LogP contribution in [0.3, 0.4) is 0 Å². The molecule has 2 rings (SSSR count). The van der Waals surface area contributed by atoms with Crippen molar-refractivity contribution in [1.82, 2.24) is 0 Å². The van der Waals surface area contributed by atoms with Crippen molar-refractivity contribution in [3.05, 3.63) is 11.8 Å². The van der Waals surface area contributed by atoms with Gasteiger partial charge in [-0.1, -0.05) is 13.8 Å². The Morgan fingerprint density at radius 1 is 1.06 bits per heavy atom. The second-order valence-corrected chi connectivity index (χ2v) is 5.85. The van der Waals surface area contributed by atoms with Crippen LogP contribution in [0.15, 0.2) is 0 Å². The molecule has 2 radical (unpaired) electrons. The predicted molar refractivity (Wildman–Crippen MR) is 68.1 cm³/mol. The second kappa shape index (κ2) is 5.88. The Hall–Kier alpha value is -0.530. The summed E-state index contributed by atoms with van der Waals surface area (Å²) in [5.41, 5.74) is 0. The van der Waals surface area contributed by atoms with Crippen LogP contribution in [0.2, 0.25) is 0 Å². The van der Waals surface area contributed by atoms with Gasteiger partial charge in [0, 0.05) is 0 Å². The molecule has 0 heterocycles. The van der Waals surface area contributed by atoms with E-state index in [1.807, 2.05) is 0 Å². The molecule has 0 unspecified atom stereocenters. The highest BCUT2D eigenvalue weighted by Crippen LogP contribution is 2.33. The lowest BCUT2D eigenvalue weighted by Gasteiger charge is -2.29. The summed E-state index contributed by atoms with van der Waals surface area (Å²) in [4.78, 5) is 12.0. The SMILES string of the molecule is C[C]1CCC(OC(=O)[C]2CCC(C)CC2)CC1. The summed E-state index contributed by atoms with van der Waals surface area (Å²) < 4.78 is 5.63. The largest absolute Gasteiger partial charge is 0.462 e. The van der Waals surface area contributed by atoms with Crippen LogP contribution in [-0.4, -0.2) is 12.1 Å². The van der Waals surface area contributed by atoms with Gasteiger partial charge in [-0.25, -0.2) is 0 Å². The molecule has 2 nitrogen and oxygen atoms in total. The lowest BCUT2D eigenvalue weighted by Crippen LogP contribution is -2.28. The van der Waals surface area contributed by atoms with Gasteiger partial charge in [0.05, 0.1) is 5.92 Å². The van der Waals surface area contributed by atoms with E-state index in [0.29, 0.717) is 0 Å². The molecule has 2 saturated carbocycles. The quantitative estimate of drug-likeness (QED) is 0.681. The molecule has 0 amide bonds. The van der Waals surface area contributed by atoms with E-state index in [0.717, 1.165) is 63.2 Å². The molecule has 0 aromatic carbocycles. The average molecular weight is 236 g/mol. The number of hydrogen-bond acceptors (Lipinski definition) is 2. The Balaban J connectivity index is 1.73. The summed E-state index contributed by atoms with van der Waals surface area (Å²) in [6.45, 7) is 4.47. The van der Waals surface area contributed by atoms with Gasteiger partial charge in [0.25, 0.3) is 0 Å². The maximum Gasteiger partial charge on any atom is 0.313 e. The van der Waals surface area contributed by atoms with E-state index in [-0.39, 0.29) is 12.1 Å². The molecule has 0 N–H and O–H groups in total. The van der Waals surface area contributed by atoms with Gasteiger partial charge in [-0.15, -0.1) is 0 Å². The van der Waals surface area contributed by atoms with Gasteiger partial charge in [-0.2, -0.15) is 0 Å². The molecule has 2 heteroatoms. The van der Waals surface area contributed by atoms with Crippen molar-refractivity contribution in [3.63, 3.8) is 0 Å². The minimum atomic E-state index is 0.00135. The van der Waals surface area contributed by atoms with E-state index >= 15 is 0 Å². The first-order chi connectivity index (χ1) is 8.15. The summed E-state index contributed by atoms with van der Waals surface area (Å²) in [7, 11) is 0. The second-order valence-electron chi connectivity index (χ2n) is 5.85. The Labute approximate surface area is 105 Å². The third-order valence-electron chi connectivity index (χ3n) is 4.23. The van der Waals surface area contributed by atoms with Crippen molar-refractivity contribution in [3.8, 4) is 0 Å². The van der Waals surface area contributed by atoms with E-state index in [4.69, 9.17) is 4.74 Å². The number of rotatable bonds is 2. The van der Waals surface area contributed by atoms with E-state index in [9.17, 15) is 4.79 Å². The lowest BCUT2D eigenvalue weighted by molar-refractivity contribution is -0.148. The van der Waals surface area contributed by atoms with Gasteiger partial charge in [0.15, 0.2) is 0 Å². The Morgan fingerprint density at radius 2 is 1.65 bits per heavy atom. The van der Waals surface area contributed by atoms with Crippen LogP contribution >= 0.6 is 0 Å². The molecular weight excluding hydrogens is 212 g/mol. The summed E-state index contributed by atoms with van der Waals surface area (Å²) in [6.07, 6.45) is 8.72. The average Bonchev–Trinajstić information content (AvgIpc) is 2.33. The Kier molecular flexibility index (Phi) is 4.47. The first kappa shape index (κ1) is 12.9. The van der Waals surface area contributed by atoms with Crippen molar-refractivity contribution in [2.75, 3.05) is 0 Å². The lowest BCUT2D eigenvalue weighted by atomic mass is 9.83. The van der Waals surface area contributed by atoms with Gasteiger partial charge in [-0.3, -0.25) is 4.79 Å². The molecule has 0 aliphatic heterocycles. The fraction of sp³-hybridized carbons (Fsp3) is 0.800. The van der Waals surface area contributed by atoms with Crippen molar-refractivity contribution in [1.29, 1.82) is 0 Å². The third kappa shape index (κ3) is 3.72. The molecule has 0 atom stereocenters. The van der Waals surface area contributed by atoms with Crippen LogP contribution in [0.25, 0.3) is 0 Å². The zero-order valence-electron chi connectivity index (χ0n) is 11.1. The Bertz CT molecular complexity index is 246. The van der Waals surface area contributed by atoms with Crippen molar-refractivity contribution >= 4 is 5.97 Å². The fourth-order valence-corrected chi connectivity index (χ4v) is 2.75. The van der Waals surface area contributed by atoms with Crippen molar-refractivity contribution < 1.29 is 9.53 Å². The zero-order chi connectivity index (χ0) is 12.3. The molecule has 0 saturated heterocycles. The molecule has 0 aromatic rings.